The summed E-state index contributed by atoms with van der Waals surface area (Å²) in [6.07, 6.45) is 0. The van der Waals surface area contributed by atoms with Gasteiger partial charge in [0.15, 0.2) is 34.7 Å². The van der Waals surface area contributed by atoms with E-state index in [1.54, 1.807) is 26.0 Å². The van der Waals surface area contributed by atoms with Crippen molar-refractivity contribution in [1.29, 1.82) is 0 Å². The summed E-state index contributed by atoms with van der Waals surface area (Å²) in [5.41, 5.74) is 20.4. The average molecular weight is 436 g/mol. The minimum Gasteiger partial charge on any atom is -0.565 e. The summed E-state index contributed by atoms with van der Waals surface area (Å²) in [7, 11) is 0. The number of thiol groups is 2. The van der Waals surface area contributed by atoms with Gasteiger partial charge in [-0.3, -0.25) is 11.5 Å². The minimum atomic E-state index is -0.583. The first-order valence-electron chi connectivity index (χ1n) is 6.46. The summed E-state index contributed by atoms with van der Waals surface area (Å²) >= 11 is 7.66. The number of carbonyl (C=O) groups excluding carboxylic acids is 1. The van der Waals surface area contributed by atoms with Crippen LogP contribution in [-0.4, -0.2) is 37.7 Å². The normalized spacial score (nSPS) is 10.6. The predicted molar refractivity (Wildman–Crippen MR) is 106 cm³/mol. The standard InChI is InChI=1S/C11H15N7S2.C2H4O2.Zn/c1-6(15-17-10(12)19)8-4-3-5-9(14-8)7(2)16-18-11(13)20;1-2(3)4;/h3-5H,1-2H3,(H6,12,13,14,17,18,19,20);1H3,(H,3,4);/q;;+2/p+1. The summed E-state index contributed by atoms with van der Waals surface area (Å²) in [6, 6.07) is 5.43. The number of nitrogens with zero attached hydrogens (tertiary/aromatic N) is 5. The van der Waals surface area contributed by atoms with Crippen LogP contribution < -0.4 is 11.5 Å². The van der Waals surface area contributed by atoms with E-state index in [1.807, 2.05) is 6.07 Å². The van der Waals surface area contributed by atoms with Gasteiger partial charge in [-0.2, -0.15) is 0 Å². The molecule has 25 heavy (non-hydrogen) atoms. The molecule has 0 aliphatic carbocycles. The van der Waals surface area contributed by atoms with Crippen molar-refractivity contribution in [3.8, 4) is 0 Å². The molecule has 6 N–H and O–H groups in total. The van der Waals surface area contributed by atoms with Crippen LogP contribution in [0.25, 0.3) is 10.9 Å². The topological polar surface area (TPSA) is 158 Å². The minimum absolute atomic E-state index is 0. The van der Waals surface area contributed by atoms with Crippen molar-refractivity contribution in [3.05, 3.63) is 40.4 Å². The van der Waals surface area contributed by atoms with Gasteiger partial charge in [0.25, 0.3) is 0 Å². The number of hydrogen-bond acceptors (Lipinski definition) is 4. The molecular formula is C13H20N7O2S2Zn+3. The molecule has 0 aliphatic rings. The number of nitrogens with two attached hydrogens (primary N) is 2. The Morgan fingerprint density at radius 2 is 1.36 bits per heavy atom. The predicted octanol–water partition coefficient (Wildman–Crippen LogP) is -0.817. The molecule has 0 saturated heterocycles. The Labute approximate surface area is 169 Å². The molecule has 0 radical (unpaired) electrons. The van der Waals surface area contributed by atoms with Gasteiger partial charge >= 0.3 is 25.4 Å². The third kappa shape index (κ3) is 13.3. The Morgan fingerprint density at radius 3 is 1.64 bits per heavy atom. The smallest absolute Gasteiger partial charge is 0.565 e. The van der Waals surface area contributed by atoms with E-state index in [0.717, 1.165) is 0 Å². The Hall–Kier alpha value is -1.72. The van der Waals surface area contributed by atoms with E-state index in [1.165, 1.54) is 6.92 Å². The molecule has 0 saturated carbocycles. The zero-order chi connectivity index (χ0) is 18.7. The SMILES string of the molecule is CC(=N[N-]C(N)=[SH+])c1cccc(C(C)=N[N-]C(N)=[SH+])n1.CC(=O)[OH2+].[Zn+2]. The largest absolute Gasteiger partial charge is 2.00 e. The van der Waals surface area contributed by atoms with Crippen molar-refractivity contribution >= 4 is 52.1 Å². The van der Waals surface area contributed by atoms with Crippen molar-refractivity contribution in [2.45, 2.75) is 20.8 Å². The van der Waals surface area contributed by atoms with E-state index in [4.69, 9.17) is 21.4 Å². The van der Waals surface area contributed by atoms with Crippen LogP contribution in [0.15, 0.2) is 28.4 Å². The average Bonchev–Trinajstić information content (AvgIpc) is 2.49. The van der Waals surface area contributed by atoms with Gasteiger partial charge in [0, 0.05) is 16.2 Å². The first-order valence-corrected chi connectivity index (χ1v) is 7.36. The van der Waals surface area contributed by atoms with E-state index in [9.17, 15) is 0 Å². The van der Waals surface area contributed by atoms with Gasteiger partial charge in [-0.25, -0.2) is 4.98 Å². The molecule has 130 valence electrons. The maximum atomic E-state index is 9.11. The molecule has 0 unspecified atom stereocenters. The molecule has 0 aliphatic heterocycles. The second-order valence-electron chi connectivity index (χ2n) is 4.25. The Kier molecular flexibility index (Phi) is 13.8. The molecule has 1 heterocycles. The monoisotopic (exact) mass is 434 g/mol. The van der Waals surface area contributed by atoms with E-state index in [2.05, 4.69) is 50.5 Å². The van der Waals surface area contributed by atoms with Crippen LogP contribution in [0.3, 0.4) is 0 Å². The van der Waals surface area contributed by atoms with Crippen molar-refractivity contribution in [3.63, 3.8) is 0 Å². The van der Waals surface area contributed by atoms with E-state index in [0.29, 0.717) is 22.8 Å². The Morgan fingerprint density at radius 1 is 1.04 bits per heavy atom. The molecule has 0 fully saturated rings. The van der Waals surface area contributed by atoms with Crippen molar-refractivity contribution < 1.29 is 29.4 Å². The third-order valence-corrected chi connectivity index (χ3v) is 2.27. The molecule has 12 heteroatoms. The van der Waals surface area contributed by atoms with Gasteiger partial charge in [-0.05, 0) is 26.0 Å². The van der Waals surface area contributed by atoms with E-state index in [-0.39, 0.29) is 29.7 Å². The number of carbonyl (C=O) groups is 1. The van der Waals surface area contributed by atoms with Gasteiger partial charge < -0.3 is 26.2 Å². The maximum absolute atomic E-state index is 9.11. The number of hydrogen-bond donors (Lipinski definition) is 2. The van der Waals surface area contributed by atoms with E-state index >= 15 is 0 Å². The summed E-state index contributed by atoms with van der Waals surface area (Å²) < 4.78 is 0. The van der Waals surface area contributed by atoms with Gasteiger partial charge in [-0.15, -0.1) is 0 Å². The van der Waals surface area contributed by atoms with Gasteiger partial charge in [0.05, 0.1) is 18.3 Å². The molecule has 0 aromatic carbocycles. The fourth-order valence-corrected chi connectivity index (χ4v) is 1.28. The molecule has 1 aromatic rings. The summed E-state index contributed by atoms with van der Waals surface area (Å²) in [4.78, 5) is 13.5. The molecule has 9 nitrogen and oxygen atoms in total. The van der Waals surface area contributed by atoms with Crippen LogP contribution in [0, 0.1) is 0 Å². The Balaban J connectivity index is 0. The summed E-state index contributed by atoms with van der Waals surface area (Å²) in [6.45, 7) is 4.73. The fraction of sp³-hybridized carbons (Fsp3) is 0.231. The molecule has 0 amide bonds. The zero-order valence-electron chi connectivity index (χ0n) is 14.1. The zero-order valence-corrected chi connectivity index (χ0v) is 18.9. The number of pyridine rings is 1. The van der Waals surface area contributed by atoms with Crippen molar-refractivity contribution in [2.75, 3.05) is 0 Å². The maximum Gasteiger partial charge on any atom is 2.00 e. The van der Waals surface area contributed by atoms with Crippen LogP contribution in [0.5, 0.6) is 0 Å². The Bertz CT molecular complexity index is 629. The summed E-state index contributed by atoms with van der Waals surface area (Å²) in [5, 5.41) is 13.9. The second kappa shape index (κ2) is 13.6. The van der Waals surface area contributed by atoms with Gasteiger partial charge in [0.2, 0.25) is 0 Å². The van der Waals surface area contributed by atoms with E-state index < -0.39 is 5.97 Å². The first-order chi connectivity index (χ1) is 11.1. The molecule has 1 aromatic heterocycles. The fourth-order valence-electron chi connectivity index (χ4n) is 1.19. The number of rotatable bonds is 4. The van der Waals surface area contributed by atoms with Crippen molar-refractivity contribution in [1.82, 2.24) is 4.98 Å². The third-order valence-electron chi connectivity index (χ3n) is 2.10. The quantitative estimate of drug-likeness (QED) is 0.158. The van der Waals surface area contributed by atoms with Crippen LogP contribution in [0.4, 0.5) is 0 Å². The van der Waals surface area contributed by atoms with Crippen LogP contribution in [0.2, 0.25) is 0 Å². The van der Waals surface area contributed by atoms with Crippen LogP contribution in [-0.2, 0) is 48.7 Å². The molecule has 0 atom stereocenters. The second-order valence-corrected chi connectivity index (χ2v) is 5.17. The summed E-state index contributed by atoms with van der Waals surface area (Å²) in [5.74, 6) is -0.583. The van der Waals surface area contributed by atoms with Crippen molar-refractivity contribution in [2.24, 2.45) is 21.7 Å². The van der Waals surface area contributed by atoms with Crippen LogP contribution >= 0.6 is 0 Å². The van der Waals surface area contributed by atoms with Gasteiger partial charge in [0.1, 0.15) is 0 Å². The first kappa shape index (κ1) is 25.5. The van der Waals surface area contributed by atoms with Gasteiger partial charge in [-0.1, -0.05) is 6.07 Å². The molecular weight excluding hydrogens is 416 g/mol. The molecule has 0 spiro atoms. The number of aromatic nitrogens is 1. The molecule has 1 rings (SSSR count). The molecule has 0 bridgehead atoms. The van der Waals surface area contributed by atoms with Crippen LogP contribution in [0.1, 0.15) is 32.2 Å².